The number of carboxylic acids is 1. The number of primary amides is 2. The summed E-state index contributed by atoms with van der Waals surface area (Å²) in [4.78, 5) is 118. The number of likely N-dealkylation sites (tertiary alicyclic amines) is 1. The van der Waals surface area contributed by atoms with Crippen molar-refractivity contribution in [2.24, 2.45) is 11.5 Å². The Morgan fingerprint density at radius 1 is 0.562 bits per heavy atom. The predicted molar refractivity (Wildman–Crippen MR) is 542 cm³/mol. The number of anilines is 2. The highest BCUT2D eigenvalue weighted by Crippen LogP contribution is 2.41. The van der Waals surface area contributed by atoms with Crippen LogP contribution in [-0.4, -0.2) is 154 Å². The average Bonchev–Trinajstić information content (AvgIpc) is 1.60. The normalized spacial score (nSPS) is 14.0. The molecule has 11 heterocycles. The maximum absolute atomic E-state index is 15.5. The molecule has 0 spiro atoms. The molecule has 2 aliphatic rings. The number of carboxylic acid groups (broad SMARTS) is 1. The van der Waals surface area contributed by atoms with Gasteiger partial charge in [-0.3, -0.25) is 38.1 Å². The smallest absolute Gasteiger partial charge is 0.330 e. The lowest BCUT2D eigenvalue weighted by molar-refractivity contribution is -0.155. The van der Waals surface area contributed by atoms with E-state index in [0.717, 1.165) is 40.9 Å². The summed E-state index contributed by atoms with van der Waals surface area (Å²) in [7, 11) is 16.5. The zero-order valence-corrected chi connectivity index (χ0v) is 84.7. The molecule has 13 aromatic rings. The summed E-state index contributed by atoms with van der Waals surface area (Å²) in [6.07, 6.45) is 7.43. The van der Waals surface area contributed by atoms with Crippen LogP contribution in [-0.2, 0) is 191 Å². The molecule has 0 bridgehead atoms. The molecular formula is C77H68Cl3F4N19O9S18. The van der Waals surface area contributed by atoms with E-state index < -0.39 is 83.7 Å². The molecule has 0 radical (unpaired) electrons. The maximum atomic E-state index is 15.5. The average molecular weight is 2160 g/mol. The minimum absolute atomic E-state index is 0. The van der Waals surface area contributed by atoms with E-state index in [9.17, 15) is 46.7 Å². The lowest BCUT2D eigenvalue weighted by atomic mass is 10.0. The van der Waals surface area contributed by atoms with Crippen LogP contribution in [0.5, 0.6) is 0 Å². The van der Waals surface area contributed by atoms with Gasteiger partial charge in [0, 0.05) is 263 Å². The quantitative estimate of drug-likeness (QED) is 0.0280. The van der Waals surface area contributed by atoms with Crippen LogP contribution in [0.15, 0.2) is 140 Å². The minimum atomic E-state index is -1.47. The van der Waals surface area contributed by atoms with E-state index in [4.69, 9.17) is 51.1 Å². The maximum Gasteiger partial charge on any atom is 0.330 e. The van der Waals surface area contributed by atoms with Crippen LogP contribution in [0.3, 0.4) is 0 Å². The molecule has 5 amide bonds. The highest BCUT2D eigenvalue weighted by atomic mass is 35.5. The van der Waals surface area contributed by atoms with Crippen LogP contribution in [0.4, 0.5) is 34.8 Å². The molecule has 2 saturated heterocycles. The van der Waals surface area contributed by atoms with Crippen molar-refractivity contribution in [2.45, 2.75) is 104 Å². The summed E-state index contributed by atoms with van der Waals surface area (Å²) in [6.45, 7) is 17.2. The first-order valence-electron chi connectivity index (χ1n) is 36.8. The third kappa shape index (κ3) is 28.9. The predicted octanol–water partition coefficient (Wildman–Crippen LogP) is 14.0. The molecule has 53 heteroatoms. The number of nitrogens with one attached hydrogen (secondary N) is 3. The van der Waals surface area contributed by atoms with Crippen LogP contribution in [0, 0.1) is 39.0 Å². The van der Waals surface area contributed by atoms with Crippen molar-refractivity contribution in [3.8, 4) is 53.6 Å². The van der Waals surface area contributed by atoms with Crippen molar-refractivity contribution in [1.82, 2.24) is 69.5 Å². The van der Waals surface area contributed by atoms with Gasteiger partial charge in [-0.2, -0.15) is 14.9 Å². The standard InChI is InChI=1S/C30H24ClF2N7O3S.C17H15ClF2N2O.C17H17N5O2S.C13H11N5O3S.ClH.S8.S7/c1-15-35-11-16(12-36-15)24-10-22-28(44-24)27(29(34)42)38-40(22)14-25(41)39-13-17(32)9-23(39)30(43)37-21-8-4-6-19(26(21)33)18-5-2-3-7-20(18)31;18-13-6-2-1-4-11(13)12-5-3-7-14(16(12)20)22-17(23)15-8-10(19)9-21-15;1-10-19-7-11(8-20-10)13-6-12-15(25-13)16(18-5)21-22(12)9-14(23)24-17(2,3)4;1-6-15-3-7(4-16-6)9-2-8-12(22-9)11(13(14)21)17-18(8)5-10(19)20;;1-3-5-7-8-6-4-2;1-3-5-7-6-4-2/h2-8,10-12,17,23H,9,13-14H2,1H3,(H2,34,42)(H,37,43);1-7,10,15,21H,8-9H2,(H,22,23);6-8H,9H2,1-4H3;2-4H,5H2,1H3,(H2,14,21)(H,19,20);1H;;/t17-,23+;10-,15+;;;;;/m11...../s1. The van der Waals surface area contributed by atoms with E-state index in [1.807, 2.05) is 33.8 Å². The van der Waals surface area contributed by atoms with Gasteiger partial charge in [0.25, 0.3) is 11.8 Å². The number of nitrogens with zero attached hydrogens (tertiary/aromatic N) is 14. The highest BCUT2D eigenvalue weighted by molar-refractivity contribution is 8.70. The lowest BCUT2D eigenvalue weighted by Crippen LogP contribution is -2.44. The number of aliphatic carboxylic acids is 1. The number of thiophene rings is 3. The van der Waals surface area contributed by atoms with Crippen LogP contribution in [0.2, 0.25) is 10.0 Å². The van der Waals surface area contributed by atoms with Gasteiger partial charge in [0.15, 0.2) is 29.6 Å². The van der Waals surface area contributed by atoms with Crippen molar-refractivity contribution >= 4 is 301 Å². The van der Waals surface area contributed by atoms with Crippen molar-refractivity contribution in [1.29, 1.82) is 0 Å². The third-order valence-electron chi connectivity index (χ3n) is 17.7. The van der Waals surface area contributed by atoms with Gasteiger partial charge >= 0.3 is 17.8 Å². The van der Waals surface area contributed by atoms with Gasteiger partial charge in [-0.15, -0.1) is 46.4 Å². The monoisotopic (exact) mass is 2160 g/mol. The molecule has 682 valence electrons. The van der Waals surface area contributed by atoms with Gasteiger partial charge < -0.3 is 47.0 Å². The van der Waals surface area contributed by atoms with Crippen LogP contribution >= 0.6 is 69.6 Å². The Labute approximate surface area is 818 Å². The summed E-state index contributed by atoms with van der Waals surface area (Å²) in [5, 5.41) is 29.9. The first-order valence-corrected chi connectivity index (χ1v) is 57.4. The molecule has 15 rings (SSSR count). The van der Waals surface area contributed by atoms with Crippen LogP contribution in [0.25, 0.3) is 89.1 Å². The number of ether oxygens (including phenoxy) is 1. The molecule has 4 atom stereocenters. The number of benzene rings is 4. The summed E-state index contributed by atoms with van der Waals surface area (Å²) < 4.78 is 69.2. The highest BCUT2D eigenvalue weighted by Gasteiger charge is 2.41. The van der Waals surface area contributed by atoms with Gasteiger partial charge in [0.2, 0.25) is 17.7 Å². The SMILES string of the molecule is Cc1ncc(-c2cc3c(s2)c(C(N)=O)nn3CC(=O)N2C[C@H](F)C[C@H]2C(=O)Nc2cccc(-c3ccccc3Cl)c2F)cn1.Cc1ncc(-c2cc3c(s2)c(C(N)=O)nn3CC(=O)O)cn1.Cl.O=C(Nc1cccc(-c2ccccc2Cl)c1F)[C@@H]1C[C@@H](F)CN1.S=S=S=S=S=S=S.S=S=S=S=S=S=S=S.[C-]#[N+]c1nn(CC(=O)OC(C)(C)C)c2cc(-c3cnc(C)nc3)sc12. The zero-order valence-electron chi connectivity index (χ0n) is 67.7. The number of amides is 5. The number of rotatable bonds is 17. The van der Waals surface area contributed by atoms with E-state index in [2.05, 4.69) is 111 Å². The van der Waals surface area contributed by atoms with Crippen molar-refractivity contribution < 1.29 is 61.0 Å². The summed E-state index contributed by atoms with van der Waals surface area (Å²) in [5.74, 6) is -3.76. The zero-order chi connectivity index (χ0) is 93.3. The number of nitrogens with two attached hydrogens (primary N) is 2. The van der Waals surface area contributed by atoms with Crippen molar-refractivity contribution in [3.63, 3.8) is 0 Å². The number of halogens is 7. The Hall–Kier alpha value is -8.74. The Kier molecular flexibility index (Phi) is 40.7. The molecule has 0 unspecified atom stereocenters. The number of hydrogen-bond acceptors (Lipinski definition) is 25. The number of fused-ring (bicyclic) bond motifs is 3. The fraction of sp³-hybridized carbons (Fsp3) is 0.234. The first-order chi connectivity index (χ1) is 61.7. The number of carbonyl (C=O) groups excluding carboxylic acids is 6. The van der Waals surface area contributed by atoms with E-state index in [0.29, 0.717) is 70.2 Å². The number of hydrogen-bond donors (Lipinski definition) is 6. The van der Waals surface area contributed by atoms with Gasteiger partial charge in [-0.1, -0.05) is 90.4 Å². The second-order valence-electron chi connectivity index (χ2n) is 27.6. The molecule has 4 aromatic carbocycles. The Morgan fingerprint density at radius 2 is 0.954 bits per heavy atom. The molecule has 130 heavy (non-hydrogen) atoms. The topological polar surface area (TPSA) is 375 Å². The van der Waals surface area contributed by atoms with E-state index in [1.54, 1.807) is 192 Å². The van der Waals surface area contributed by atoms with E-state index >= 15 is 4.39 Å². The fourth-order valence-electron chi connectivity index (χ4n) is 12.2. The van der Waals surface area contributed by atoms with Crippen LogP contribution in [0.1, 0.15) is 72.1 Å². The molecule has 0 aliphatic carbocycles. The van der Waals surface area contributed by atoms with Gasteiger partial charge in [-0.05, 0) is 89.1 Å². The number of esters is 1. The lowest BCUT2D eigenvalue weighted by Gasteiger charge is -2.24. The summed E-state index contributed by atoms with van der Waals surface area (Å²) >= 11 is 34.7. The fourth-order valence-corrected chi connectivity index (χ4v) is 35.2. The van der Waals surface area contributed by atoms with Crippen molar-refractivity contribution in [2.75, 3.05) is 23.7 Å². The number of carbonyl (C=O) groups is 7. The molecule has 8 N–H and O–H groups in total. The molecule has 9 aromatic heterocycles. The molecular weight excluding hydrogens is 2090 g/mol. The summed E-state index contributed by atoms with van der Waals surface area (Å²) in [6, 6.07) is 26.3. The van der Waals surface area contributed by atoms with Crippen molar-refractivity contribution in [3.05, 3.63) is 202 Å². The number of aromatic nitrogens is 12. The molecule has 2 aliphatic heterocycles. The van der Waals surface area contributed by atoms with Gasteiger partial charge in [0.1, 0.15) is 54.5 Å². The van der Waals surface area contributed by atoms with E-state index in [-0.39, 0.29) is 91.5 Å². The Morgan fingerprint density at radius 3 is 1.35 bits per heavy atom. The van der Waals surface area contributed by atoms with Crippen LogP contribution < -0.4 is 27.4 Å². The number of aryl methyl sites for hydroxylation is 3. The summed E-state index contributed by atoms with van der Waals surface area (Å²) in [5.41, 5.74) is 15.8. The van der Waals surface area contributed by atoms with Gasteiger partial charge in [-0.25, -0.2) is 52.3 Å². The second kappa shape index (κ2) is 50.4. The largest absolute Gasteiger partial charge is 0.480 e. The second-order valence-corrected chi connectivity index (χ2v) is 51.0. The van der Waals surface area contributed by atoms with Gasteiger partial charge in [0.05, 0.1) is 54.6 Å². The number of alkyl halides is 2. The Balaban J connectivity index is 0.000000192. The van der Waals surface area contributed by atoms with E-state index in [1.165, 1.54) is 102 Å². The first kappa shape index (κ1) is 105. The molecule has 28 nitrogen and oxygen atoms in total. The molecule has 0 saturated carbocycles. The minimum Gasteiger partial charge on any atom is -0.480 e. The Bertz CT molecular complexity index is 6970. The third-order valence-corrected chi connectivity index (χ3v) is 41.8. The molecule has 2 fully saturated rings.